The van der Waals surface area contributed by atoms with Gasteiger partial charge in [0.2, 0.25) is 0 Å². The summed E-state index contributed by atoms with van der Waals surface area (Å²) in [6, 6.07) is 0. The van der Waals surface area contributed by atoms with E-state index in [-0.39, 0.29) is 0 Å². The minimum Gasteiger partial charge on any atom is -0.368 e. The molecule has 0 aromatic rings. The van der Waals surface area contributed by atoms with Crippen LogP contribution in [0.5, 0.6) is 0 Å². The zero-order chi connectivity index (χ0) is 7.71. The van der Waals surface area contributed by atoms with Gasteiger partial charge in [-0.05, 0) is 32.1 Å². The van der Waals surface area contributed by atoms with Crippen molar-refractivity contribution in [3.63, 3.8) is 0 Å². The summed E-state index contributed by atoms with van der Waals surface area (Å²) >= 11 is 0. The van der Waals surface area contributed by atoms with Crippen molar-refractivity contribution >= 4 is 0 Å². The molecule has 3 saturated carbocycles. The predicted octanol–water partition coefficient (Wildman–Crippen LogP) is 2.27. The summed E-state index contributed by atoms with van der Waals surface area (Å²) in [7, 11) is 0. The minimum absolute atomic E-state index is 0.687. The molecule has 0 N–H and O–H groups in total. The molecule has 0 aromatic carbocycles. The second-order valence-corrected chi connectivity index (χ2v) is 4.77. The van der Waals surface area contributed by atoms with Crippen LogP contribution in [0, 0.1) is 11.8 Å². The molecule has 4 aliphatic rings. The number of hydrogen-bond acceptors (Lipinski definition) is 1. The molecule has 1 nitrogen and oxygen atoms in total. The van der Waals surface area contributed by atoms with Crippen LogP contribution >= 0.6 is 0 Å². The Morgan fingerprint density at radius 2 is 1.67 bits per heavy atom. The fourth-order valence-corrected chi connectivity index (χ4v) is 3.58. The van der Waals surface area contributed by atoms with Gasteiger partial charge in [-0.15, -0.1) is 0 Å². The Labute approximate surface area is 72.8 Å². The van der Waals surface area contributed by atoms with E-state index in [1.807, 2.05) is 11.1 Å². The smallest absolute Gasteiger partial charge is 0.0913 e. The van der Waals surface area contributed by atoms with E-state index < -0.39 is 0 Å². The van der Waals surface area contributed by atoms with Gasteiger partial charge in [0, 0.05) is 11.8 Å². The highest BCUT2D eigenvalue weighted by Crippen LogP contribution is 2.61. The summed E-state index contributed by atoms with van der Waals surface area (Å²) in [5.41, 5.74) is 3.71. The van der Waals surface area contributed by atoms with Crippen LogP contribution in [0.1, 0.15) is 32.1 Å². The first-order chi connectivity index (χ1) is 5.95. The van der Waals surface area contributed by atoms with Crippen molar-refractivity contribution in [2.75, 3.05) is 0 Å². The first kappa shape index (κ1) is 6.20. The maximum absolute atomic E-state index is 5.65. The molecule has 0 radical (unpaired) electrons. The zero-order valence-electron chi connectivity index (χ0n) is 7.25. The van der Waals surface area contributed by atoms with Gasteiger partial charge in [-0.2, -0.15) is 0 Å². The van der Waals surface area contributed by atoms with Crippen molar-refractivity contribution in [1.82, 2.24) is 0 Å². The number of allylic oxidation sites excluding steroid dienone is 1. The lowest BCUT2D eigenvalue weighted by Gasteiger charge is -2.23. The highest BCUT2D eigenvalue weighted by atomic mass is 16.6. The molecule has 1 heteroatoms. The second kappa shape index (κ2) is 1.79. The molecule has 1 heterocycles. The summed E-state index contributed by atoms with van der Waals surface area (Å²) < 4.78 is 5.65. The molecule has 64 valence electrons. The third kappa shape index (κ3) is 0.545. The van der Waals surface area contributed by atoms with E-state index in [1.54, 1.807) is 0 Å². The van der Waals surface area contributed by atoms with Crippen molar-refractivity contribution < 1.29 is 4.74 Å². The molecular weight excluding hydrogens is 148 g/mol. The Morgan fingerprint density at radius 1 is 1.00 bits per heavy atom. The summed E-state index contributed by atoms with van der Waals surface area (Å²) in [6.45, 7) is 0. The van der Waals surface area contributed by atoms with Gasteiger partial charge in [0.05, 0.1) is 12.2 Å². The van der Waals surface area contributed by atoms with Crippen LogP contribution in [0.2, 0.25) is 0 Å². The Kier molecular flexibility index (Phi) is 0.926. The monoisotopic (exact) mass is 162 g/mol. The van der Waals surface area contributed by atoms with Gasteiger partial charge in [0.25, 0.3) is 0 Å². The number of hydrogen-bond donors (Lipinski definition) is 0. The van der Waals surface area contributed by atoms with Gasteiger partial charge in [-0.3, -0.25) is 0 Å². The van der Waals surface area contributed by atoms with Gasteiger partial charge >= 0.3 is 0 Å². The summed E-state index contributed by atoms with van der Waals surface area (Å²) in [6.07, 6.45) is 8.53. The molecule has 1 aliphatic heterocycles. The molecule has 0 aromatic heterocycles. The van der Waals surface area contributed by atoms with Gasteiger partial charge in [0.1, 0.15) is 0 Å². The van der Waals surface area contributed by atoms with Crippen LogP contribution in [-0.4, -0.2) is 12.2 Å². The molecule has 12 heavy (non-hydrogen) atoms. The van der Waals surface area contributed by atoms with Crippen LogP contribution in [0.25, 0.3) is 0 Å². The van der Waals surface area contributed by atoms with Crippen molar-refractivity contribution in [2.45, 2.75) is 44.3 Å². The third-order valence-corrected chi connectivity index (χ3v) is 4.31. The zero-order valence-corrected chi connectivity index (χ0v) is 7.25. The van der Waals surface area contributed by atoms with Crippen molar-refractivity contribution in [1.29, 1.82) is 0 Å². The fraction of sp³-hybridized carbons (Fsp3) is 0.818. The summed E-state index contributed by atoms with van der Waals surface area (Å²) in [4.78, 5) is 0. The van der Waals surface area contributed by atoms with Gasteiger partial charge in [-0.25, -0.2) is 0 Å². The molecule has 4 atom stereocenters. The topological polar surface area (TPSA) is 12.5 Å². The van der Waals surface area contributed by atoms with Crippen molar-refractivity contribution in [3.05, 3.63) is 11.1 Å². The third-order valence-electron chi connectivity index (χ3n) is 4.31. The average Bonchev–Trinajstić information content (AvgIpc) is 2.63. The van der Waals surface area contributed by atoms with Crippen LogP contribution in [0.4, 0.5) is 0 Å². The number of fused-ring (bicyclic) bond motifs is 5. The first-order valence-corrected chi connectivity index (χ1v) is 5.32. The SMILES string of the molecule is C1CC(=C2C3CCC2C2OC32)C1. The lowest BCUT2D eigenvalue weighted by Crippen LogP contribution is -2.09. The average molecular weight is 162 g/mol. The summed E-state index contributed by atoms with van der Waals surface area (Å²) in [5.74, 6) is 1.77. The molecule has 2 bridgehead atoms. The van der Waals surface area contributed by atoms with E-state index in [0.717, 1.165) is 11.8 Å². The highest BCUT2D eigenvalue weighted by Gasteiger charge is 2.62. The maximum atomic E-state index is 5.65. The number of epoxide rings is 1. The van der Waals surface area contributed by atoms with E-state index in [2.05, 4.69) is 0 Å². The predicted molar refractivity (Wildman–Crippen MR) is 45.8 cm³/mol. The van der Waals surface area contributed by atoms with E-state index in [0.29, 0.717) is 12.2 Å². The van der Waals surface area contributed by atoms with Gasteiger partial charge < -0.3 is 4.74 Å². The number of ether oxygens (including phenoxy) is 1. The van der Waals surface area contributed by atoms with E-state index in [1.165, 1.54) is 32.1 Å². The lowest BCUT2D eigenvalue weighted by atomic mass is 9.84. The van der Waals surface area contributed by atoms with Crippen LogP contribution in [0.3, 0.4) is 0 Å². The molecular formula is C11H14O. The maximum Gasteiger partial charge on any atom is 0.0913 e. The Morgan fingerprint density at radius 3 is 2.17 bits per heavy atom. The van der Waals surface area contributed by atoms with E-state index >= 15 is 0 Å². The Bertz CT molecular complexity index is 255. The van der Waals surface area contributed by atoms with Crippen LogP contribution in [-0.2, 0) is 4.74 Å². The highest BCUT2D eigenvalue weighted by molar-refractivity contribution is 5.37. The molecule has 0 amide bonds. The Balaban J connectivity index is 1.81. The number of rotatable bonds is 0. The lowest BCUT2D eigenvalue weighted by molar-refractivity contribution is 0.301. The van der Waals surface area contributed by atoms with Gasteiger partial charge in [-0.1, -0.05) is 11.1 Å². The second-order valence-electron chi connectivity index (χ2n) is 4.77. The van der Waals surface area contributed by atoms with Gasteiger partial charge in [0.15, 0.2) is 0 Å². The normalized spacial score (nSPS) is 54.0. The van der Waals surface area contributed by atoms with Crippen LogP contribution < -0.4 is 0 Å². The standard InChI is InChI=1S/C11H14O/c1-2-6(3-1)9-7-4-5-8(9)11-10(7)12-11/h7-8,10-11H,1-5H2. The van der Waals surface area contributed by atoms with E-state index in [4.69, 9.17) is 4.74 Å². The molecule has 4 fully saturated rings. The molecule has 1 saturated heterocycles. The van der Waals surface area contributed by atoms with Crippen molar-refractivity contribution in [3.8, 4) is 0 Å². The quantitative estimate of drug-likeness (QED) is 0.393. The van der Waals surface area contributed by atoms with Crippen LogP contribution in [0.15, 0.2) is 11.1 Å². The van der Waals surface area contributed by atoms with Crippen molar-refractivity contribution in [2.24, 2.45) is 11.8 Å². The Hall–Kier alpha value is -0.300. The largest absolute Gasteiger partial charge is 0.368 e. The first-order valence-electron chi connectivity index (χ1n) is 5.32. The molecule has 4 unspecified atom stereocenters. The fourth-order valence-electron chi connectivity index (χ4n) is 3.58. The van der Waals surface area contributed by atoms with E-state index in [9.17, 15) is 0 Å². The minimum atomic E-state index is 0.687. The summed E-state index contributed by atoms with van der Waals surface area (Å²) in [5, 5.41) is 0. The molecule has 4 rings (SSSR count). The molecule has 0 spiro atoms. The molecule has 3 aliphatic carbocycles.